The van der Waals surface area contributed by atoms with Gasteiger partial charge in [0.2, 0.25) is 5.91 Å². The van der Waals surface area contributed by atoms with E-state index in [4.69, 9.17) is 14.6 Å². The molecule has 0 aliphatic carbocycles. The summed E-state index contributed by atoms with van der Waals surface area (Å²) in [6, 6.07) is 5.77. The van der Waals surface area contributed by atoms with Crippen LogP contribution in [0.4, 0.5) is 0 Å². The molecule has 0 saturated carbocycles. The van der Waals surface area contributed by atoms with E-state index in [1.165, 1.54) is 6.08 Å². The van der Waals surface area contributed by atoms with Gasteiger partial charge in [0.05, 0.1) is 13.5 Å². The predicted octanol–water partition coefficient (Wildman–Crippen LogP) is 2.50. The second-order valence-corrected chi connectivity index (χ2v) is 6.10. The van der Waals surface area contributed by atoms with Crippen molar-refractivity contribution in [2.75, 3.05) is 26.9 Å². The van der Waals surface area contributed by atoms with Crippen molar-refractivity contribution < 1.29 is 24.2 Å². The maximum atomic E-state index is 12.7. The number of benzene rings is 1. The van der Waals surface area contributed by atoms with Crippen LogP contribution in [0.15, 0.2) is 24.3 Å². The minimum absolute atomic E-state index is 0.0182. The zero-order valence-corrected chi connectivity index (χ0v) is 14.7. The van der Waals surface area contributed by atoms with Crippen molar-refractivity contribution in [3.8, 4) is 5.75 Å². The van der Waals surface area contributed by atoms with Crippen molar-refractivity contribution in [1.29, 1.82) is 0 Å². The molecule has 1 N–H and O–H groups in total. The number of hydrogen-bond donors (Lipinski definition) is 1. The second-order valence-electron chi connectivity index (χ2n) is 6.10. The number of carboxylic acids is 1. The summed E-state index contributed by atoms with van der Waals surface area (Å²) < 4.78 is 10.7. The van der Waals surface area contributed by atoms with Gasteiger partial charge in [0.1, 0.15) is 5.75 Å². The van der Waals surface area contributed by atoms with Crippen molar-refractivity contribution in [2.24, 2.45) is 0 Å². The Bertz CT molecular complexity index is 635. The lowest BCUT2D eigenvalue weighted by Gasteiger charge is -2.33. The molecule has 1 aliphatic heterocycles. The third-order valence-corrected chi connectivity index (χ3v) is 4.27. The van der Waals surface area contributed by atoms with Crippen LogP contribution >= 0.6 is 0 Å². The summed E-state index contributed by atoms with van der Waals surface area (Å²) in [5.74, 6) is -0.399. The van der Waals surface area contributed by atoms with Crippen LogP contribution in [-0.4, -0.2) is 54.8 Å². The van der Waals surface area contributed by atoms with E-state index in [0.29, 0.717) is 19.0 Å². The first-order chi connectivity index (χ1) is 12.0. The van der Waals surface area contributed by atoms with Gasteiger partial charge in [0.15, 0.2) is 0 Å². The van der Waals surface area contributed by atoms with Crippen molar-refractivity contribution in [3.05, 3.63) is 35.4 Å². The van der Waals surface area contributed by atoms with E-state index in [9.17, 15) is 9.59 Å². The van der Waals surface area contributed by atoms with Gasteiger partial charge in [-0.2, -0.15) is 0 Å². The molecule has 1 fully saturated rings. The molecule has 6 heteroatoms. The fraction of sp³-hybridized carbons (Fsp3) is 0.474. The number of amides is 1. The van der Waals surface area contributed by atoms with Gasteiger partial charge in [-0.3, -0.25) is 9.59 Å². The number of aliphatic carboxylic acids is 1. The van der Waals surface area contributed by atoms with E-state index in [1.807, 2.05) is 25.1 Å². The lowest BCUT2D eigenvalue weighted by Crippen LogP contribution is -2.43. The minimum atomic E-state index is -0.908. The number of carbonyl (C=O) groups is 2. The molecule has 6 nitrogen and oxygen atoms in total. The highest BCUT2D eigenvalue weighted by Crippen LogP contribution is 2.22. The summed E-state index contributed by atoms with van der Waals surface area (Å²) in [7, 11) is 1.59. The van der Waals surface area contributed by atoms with Crippen LogP contribution in [-0.2, 0) is 14.3 Å². The average Bonchev–Trinajstić information content (AvgIpc) is 2.61. The molecule has 1 aromatic rings. The Morgan fingerprint density at radius 2 is 2.08 bits per heavy atom. The quantitative estimate of drug-likeness (QED) is 0.767. The lowest BCUT2D eigenvalue weighted by atomic mass is 10.1. The Morgan fingerprint density at radius 3 is 2.72 bits per heavy atom. The summed E-state index contributed by atoms with van der Waals surface area (Å²) in [6.45, 7) is 3.36. The number of nitrogens with zero attached hydrogens (tertiary/aromatic N) is 1. The van der Waals surface area contributed by atoms with Crippen LogP contribution in [0.5, 0.6) is 5.75 Å². The highest BCUT2D eigenvalue weighted by Gasteiger charge is 2.24. The minimum Gasteiger partial charge on any atom is -0.496 e. The fourth-order valence-electron chi connectivity index (χ4n) is 2.93. The number of methoxy groups -OCH3 is 1. The van der Waals surface area contributed by atoms with Crippen LogP contribution in [0.1, 0.15) is 30.4 Å². The molecule has 2 rings (SSSR count). The van der Waals surface area contributed by atoms with Gasteiger partial charge in [-0.1, -0.05) is 11.6 Å². The molecule has 0 unspecified atom stereocenters. The van der Waals surface area contributed by atoms with E-state index in [-0.39, 0.29) is 24.9 Å². The Kier molecular flexibility index (Phi) is 7.01. The number of carbonyl (C=O) groups excluding carboxylic acids is 1. The van der Waals surface area contributed by atoms with Crippen molar-refractivity contribution in [1.82, 2.24) is 4.90 Å². The highest BCUT2D eigenvalue weighted by atomic mass is 16.5. The van der Waals surface area contributed by atoms with E-state index in [0.717, 1.165) is 24.0 Å². The normalized spacial score (nSPS) is 15.3. The van der Waals surface area contributed by atoms with Gasteiger partial charge < -0.3 is 19.5 Å². The van der Waals surface area contributed by atoms with E-state index in [1.54, 1.807) is 18.1 Å². The maximum Gasteiger partial charge on any atom is 0.305 e. The fourth-order valence-corrected chi connectivity index (χ4v) is 2.93. The highest BCUT2D eigenvalue weighted by molar-refractivity contribution is 5.92. The molecule has 0 atom stereocenters. The molecule has 1 heterocycles. The summed E-state index contributed by atoms with van der Waals surface area (Å²) in [4.78, 5) is 25.2. The van der Waals surface area contributed by atoms with Crippen LogP contribution < -0.4 is 4.74 Å². The van der Waals surface area contributed by atoms with E-state index in [2.05, 4.69) is 0 Å². The maximum absolute atomic E-state index is 12.7. The number of carboxylic acid groups (broad SMARTS) is 1. The summed E-state index contributed by atoms with van der Waals surface area (Å²) in [5.41, 5.74) is 1.89. The van der Waals surface area contributed by atoms with Gasteiger partial charge in [-0.25, -0.2) is 0 Å². The topological polar surface area (TPSA) is 76.1 Å². The van der Waals surface area contributed by atoms with Gasteiger partial charge in [-0.05, 0) is 38.0 Å². The SMILES string of the molecule is COc1ccc(C)cc1/C=C/C(=O)N(CCC(=O)O)C1CCOCC1. The first kappa shape index (κ1) is 19.0. The zero-order valence-electron chi connectivity index (χ0n) is 14.7. The summed E-state index contributed by atoms with van der Waals surface area (Å²) >= 11 is 0. The smallest absolute Gasteiger partial charge is 0.305 e. The molecule has 25 heavy (non-hydrogen) atoms. The monoisotopic (exact) mass is 347 g/mol. The van der Waals surface area contributed by atoms with E-state index < -0.39 is 5.97 Å². The van der Waals surface area contributed by atoms with Gasteiger partial charge in [0, 0.05) is 37.4 Å². The second kappa shape index (κ2) is 9.22. The standard InChI is InChI=1S/C19H25NO5/c1-14-3-5-17(24-2)15(13-14)4-6-18(21)20(10-7-19(22)23)16-8-11-25-12-9-16/h3-6,13,16H,7-12H2,1-2H3,(H,22,23)/b6-4+. The molecule has 1 saturated heterocycles. The number of ether oxygens (including phenoxy) is 2. The van der Waals surface area contributed by atoms with Crippen LogP contribution in [0.3, 0.4) is 0 Å². The lowest BCUT2D eigenvalue weighted by molar-refractivity contribution is -0.138. The molecule has 0 aromatic heterocycles. The Morgan fingerprint density at radius 1 is 1.36 bits per heavy atom. The van der Waals surface area contributed by atoms with Crippen molar-refractivity contribution >= 4 is 18.0 Å². The third-order valence-electron chi connectivity index (χ3n) is 4.27. The van der Waals surface area contributed by atoms with Crippen LogP contribution in [0.2, 0.25) is 0 Å². The molecule has 1 amide bonds. The largest absolute Gasteiger partial charge is 0.496 e. The molecule has 0 spiro atoms. The van der Waals surface area contributed by atoms with Crippen molar-refractivity contribution in [2.45, 2.75) is 32.2 Å². The Labute approximate surface area is 148 Å². The molecule has 1 aliphatic rings. The molecular formula is C19H25NO5. The summed E-state index contributed by atoms with van der Waals surface area (Å²) in [5, 5.41) is 8.95. The predicted molar refractivity (Wildman–Crippen MR) is 94.6 cm³/mol. The Balaban J connectivity index is 2.14. The number of aryl methyl sites for hydroxylation is 1. The first-order valence-corrected chi connectivity index (χ1v) is 8.44. The first-order valence-electron chi connectivity index (χ1n) is 8.44. The number of rotatable bonds is 7. The molecule has 0 radical (unpaired) electrons. The molecular weight excluding hydrogens is 322 g/mol. The van der Waals surface area contributed by atoms with Gasteiger partial charge >= 0.3 is 5.97 Å². The average molecular weight is 347 g/mol. The molecule has 1 aromatic carbocycles. The molecule has 136 valence electrons. The van der Waals surface area contributed by atoms with E-state index >= 15 is 0 Å². The Hall–Kier alpha value is -2.34. The summed E-state index contributed by atoms with van der Waals surface area (Å²) in [6.07, 6.45) is 4.61. The van der Waals surface area contributed by atoms with Crippen molar-refractivity contribution in [3.63, 3.8) is 0 Å². The van der Waals surface area contributed by atoms with Gasteiger partial charge in [-0.15, -0.1) is 0 Å². The van der Waals surface area contributed by atoms with Gasteiger partial charge in [0.25, 0.3) is 0 Å². The third kappa shape index (κ3) is 5.60. The van der Waals surface area contributed by atoms with Crippen LogP contribution in [0, 0.1) is 6.92 Å². The number of hydrogen-bond acceptors (Lipinski definition) is 4. The molecule has 0 bridgehead atoms. The van der Waals surface area contributed by atoms with Crippen LogP contribution in [0.25, 0.3) is 6.08 Å². The zero-order chi connectivity index (χ0) is 18.2.